The quantitative estimate of drug-likeness (QED) is 0.728. The first-order valence-corrected chi connectivity index (χ1v) is 8.07. The zero-order valence-corrected chi connectivity index (χ0v) is 13.8. The standard InChI is InChI=1S/C18H16N4O4/c23-18(19-10-13-2-1-5-24-13)14-9-17(21-11-20-14)22-12-3-4-15-16(8-12)26-7-6-25-15/h1-5,8-9,11H,6-7,10H2,(H,19,23)(H,20,21,22). The van der Waals surface area contributed by atoms with Crippen LogP contribution in [0.3, 0.4) is 0 Å². The van der Waals surface area contributed by atoms with Gasteiger partial charge in [-0.05, 0) is 24.3 Å². The number of hydrogen-bond acceptors (Lipinski definition) is 7. The topological polar surface area (TPSA) is 98.5 Å². The molecule has 0 radical (unpaired) electrons. The largest absolute Gasteiger partial charge is 0.486 e. The number of furan rings is 1. The summed E-state index contributed by atoms with van der Waals surface area (Å²) in [5, 5.41) is 5.88. The second kappa shape index (κ2) is 7.14. The summed E-state index contributed by atoms with van der Waals surface area (Å²) >= 11 is 0. The lowest BCUT2D eigenvalue weighted by Gasteiger charge is -2.19. The Kier molecular flexibility index (Phi) is 4.38. The van der Waals surface area contributed by atoms with Crippen molar-refractivity contribution in [1.82, 2.24) is 15.3 Å². The number of carbonyl (C=O) groups is 1. The Bertz CT molecular complexity index is 911. The van der Waals surface area contributed by atoms with Crippen molar-refractivity contribution in [3.63, 3.8) is 0 Å². The van der Waals surface area contributed by atoms with Gasteiger partial charge in [-0.2, -0.15) is 0 Å². The smallest absolute Gasteiger partial charge is 0.270 e. The van der Waals surface area contributed by atoms with Crippen LogP contribution in [-0.4, -0.2) is 29.1 Å². The van der Waals surface area contributed by atoms with E-state index >= 15 is 0 Å². The molecule has 0 fully saturated rings. The molecule has 3 heterocycles. The third-order valence-electron chi connectivity index (χ3n) is 3.72. The second-order valence-electron chi connectivity index (χ2n) is 5.53. The zero-order chi connectivity index (χ0) is 17.8. The maximum Gasteiger partial charge on any atom is 0.270 e. The van der Waals surface area contributed by atoms with Gasteiger partial charge in [0.15, 0.2) is 11.5 Å². The van der Waals surface area contributed by atoms with Crippen LogP contribution in [0.25, 0.3) is 0 Å². The third-order valence-corrected chi connectivity index (χ3v) is 3.72. The van der Waals surface area contributed by atoms with Gasteiger partial charge in [-0.15, -0.1) is 0 Å². The van der Waals surface area contributed by atoms with Crippen molar-refractivity contribution in [3.05, 3.63) is 60.4 Å². The van der Waals surface area contributed by atoms with Gasteiger partial charge in [0.1, 0.15) is 36.8 Å². The average Bonchev–Trinajstić information content (AvgIpc) is 3.20. The monoisotopic (exact) mass is 352 g/mol. The summed E-state index contributed by atoms with van der Waals surface area (Å²) < 4.78 is 16.2. The summed E-state index contributed by atoms with van der Waals surface area (Å²) in [7, 11) is 0. The SMILES string of the molecule is O=C(NCc1ccco1)c1cc(Nc2ccc3c(c2)OCCO3)ncn1. The first-order valence-electron chi connectivity index (χ1n) is 8.07. The number of hydrogen-bond donors (Lipinski definition) is 2. The lowest BCUT2D eigenvalue weighted by Crippen LogP contribution is -2.23. The van der Waals surface area contributed by atoms with Gasteiger partial charge in [0.25, 0.3) is 5.91 Å². The molecular formula is C18H16N4O4. The molecule has 0 unspecified atom stereocenters. The molecule has 1 amide bonds. The van der Waals surface area contributed by atoms with Gasteiger partial charge in [0.2, 0.25) is 0 Å². The molecule has 1 aromatic carbocycles. The molecule has 2 N–H and O–H groups in total. The molecule has 0 atom stereocenters. The molecule has 0 bridgehead atoms. The maximum absolute atomic E-state index is 12.2. The molecule has 2 aromatic heterocycles. The van der Waals surface area contributed by atoms with Gasteiger partial charge in [0.05, 0.1) is 12.8 Å². The van der Waals surface area contributed by atoms with Crippen LogP contribution in [0.4, 0.5) is 11.5 Å². The van der Waals surface area contributed by atoms with E-state index in [9.17, 15) is 4.79 Å². The Hall–Kier alpha value is -3.55. The molecule has 8 nitrogen and oxygen atoms in total. The number of ether oxygens (including phenoxy) is 2. The molecule has 1 aliphatic rings. The van der Waals surface area contributed by atoms with E-state index < -0.39 is 0 Å². The minimum atomic E-state index is -0.311. The molecule has 1 aliphatic heterocycles. The maximum atomic E-state index is 12.2. The van der Waals surface area contributed by atoms with Crippen molar-refractivity contribution in [2.24, 2.45) is 0 Å². The number of benzene rings is 1. The molecule has 4 rings (SSSR count). The average molecular weight is 352 g/mol. The lowest BCUT2D eigenvalue weighted by molar-refractivity contribution is 0.0943. The molecular weight excluding hydrogens is 336 g/mol. The van der Waals surface area contributed by atoms with Gasteiger partial charge in [-0.1, -0.05) is 0 Å². The fraction of sp³-hybridized carbons (Fsp3) is 0.167. The van der Waals surface area contributed by atoms with E-state index in [0.717, 1.165) is 5.69 Å². The highest BCUT2D eigenvalue weighted by atomic mass is 16.6. The number of nitrogens with one attached hydrogen (secondary N) is 2. The van der Waals surface area contributed by atoms with Crippen LogP contribution in [0, 0.1) is 0 Å². The summed E-state index contributed by atoms with van der Waals surface area (Å²) in [6.07, 6.45) is 2.89. The molecule has 0 aliphatic carbocycles. The highest BCUT2D eigenvalue weighted by Gasteiger charge is 2.13. The van der Waals surface area contributed by atoms with E-state index in [1.807, 2.05) is 18.2 Å². The van der Waals surface area contributed by atoms with E-state index in [-0.39, 0.29) is 11.6 Å². The number of anilines is 2. The summed E-state index contributed by atoms with van der Waals surface area (Å²) in [6.45, 7) is 1.35. The van der Waals surface area contributed by atoms with Gasteiger partial charge in [0, 0.05) is 17.8 Å². The van der Waals surface area contributed by atoms with Gasteiger partial charge >= 0.3 is 0 Å². The Labute approximate surface area is 149 Å². The highest BCUT2D eigenvalue weighted by Crippen LogP contribution is 2.33. The number of aromatic nitrogens is 2. The van der Waals surface area contributed by atoms with Crippen LogP contribution in [0.5, 0.6) is 11.5 Å². The van der Waals surface area contributed by atoms with Crippen molar-refractivity contribution in [2.45, 2.75) is 6.54 Å². The number of nitrogens with zero attached hydrogens (tertiary/aromatic N) is 2. The minimum absolute atomic E-state index is 0.256. The van der Waals surface area contributed by atoms with Gasteiger partial charge in [-0.25, -0.2) is 9.97 Å². The van der Waals surface area contributed by atoms with Crippen LogP contribution in [0.1, 0.15) is 16.2 Å². The fourth-order valence-electron chi connectivity index (χ4n) is 2.49. The fourth-order valence-corrected chi connectivity index (χ4v) is 2.49. The predicted octanol–water partition coefficient (Wildman–Crippen LogP) is 2.51. The molecule has 0 saturated carbocycles. The molecule has 26 heavy (non-hydrogen) atoms. The lowest BCUT2D eigenvalue weighted by atomic mass is 10.2. The van der Waals surface area contributed by atoms with Crippen molar-refractivity contribution < 1.29 is 18.7 Å². The van der Waals surface area contributed by atoms with Crippen molar-refractivity contribution in [3.8, 4) is 11.5 Å². The number of fused-ring (bicyclic) bond motifs is 1. The number of rotatable bonds is 5. The summed E-state index contributed by atoms with van der Waals surface area (Å²) in [5.74, 6) is 2.24. The van der Waals surface area contributed by atoms with Gasteiger partial charge < -0.3 is 24.5 Å². The van der Waals surface area contributed by atoms with Crippen molar-refractivity contribution in [2.75, 3.05) is 18.5 Å². The summed E-state index contributed by atoms with van der Waals surface area (Å²) in [5.41, 5.74) is 1.03. The normalized spacial score (nSPS) is 12.5. The second-order valence-corrected chi connectivity index (χ2v) is 5.53. The van der Waals surface area contributed by atoms with Crippen LogP contribution < -0.4 is 20.1 Å². The van der Waals surface area contributed by atoms with Crippen LogP contribution in [-0.2, 0) is 6.54 Å². The molecule has 3 aromatic rings. The molecule has 0 saturated heterocycles. The first-order chi connectivity index (χ1) is 12.8. The molecule has 8 heteroatoms. The van der Waals surface area contributed by atoms with Crippen molar-refractivity contribution >= 4 is 17.4 Å². The van der Waals surface area contributed by atoms with E-state index in [2.05, 4.69) is 20.6 Å². The highest BCUT2D eigenvalue weighted by molar-refractivity contribution is 5.92. The summed E-state index contributed by atoms with van der Waals surface area (Å²) in [6, 6.07) is 10.6. The predicted molar refractivity (Wildman–Crippen MR) is 92.6 cm³/mol. The third kappa shape index (κ3) is 3.59. The van der Waals surface area contributed by atoms with Crippen LogP contribution in [0.2, 0.25) is 0 Å². The molecule has 0 spiro atoms. The minimum Gasteiger partial charge on any atom is -0.486 e. The van der Waals surface area contributed by atoms with E-state index in [0.29, 0.717) is 42.8 Å². The Morgan fingerprint density at radius 1 is 1.08 bits per heavy atom. The molecule has 132 valence electrons. The Morgan fingerprint density at radius 2 is 1.96 bits per heavy atom. The van der Waals surface area contributed by atoms with Crippen LogP contribution in [0.15, 0.2) is 53.4 Å². The number of carbonyl (C=O) groups excluding carboxylic acids is 1. The van der Waals surface area contributed by atoms with Gasteiger partial charge in [-0.3, -0.25) is 4.79 Å². The first kappa shape index (κ1) is 15.9. The Morgan fingerprint density at radius 3 is 2.81 bits per heavy atom. The zero-order valence-electron chi connectivity index (χ0n) is 13.8. The van der Waals surface area contributed by atoms with E-state index in [1.54, 1.807) is 24.5 Å². The van der Waals surface area contributed by atoms with Crippen molar-refractivity contribution in [1.29, 1.82) is 0 Å². The van der Waals surface area contributed by atoms with Crippen LogP contribution >= 0.6 is 0 Å². The summed E-state index contributed by atoms with van der Waals surface area (Å²) in [4.78, 5) is 20.4. The van der Waals surface area contributed by atoms with E-state index in [4.69, 9.17) is 13.9 Å². The number of amides is 1. The Balaban J connectivity index is 1.44. The van der Waals surface area contributed by atoms with E-state index in [1.165, 1.54) is 6.33 Å².